The highest BCUT2D eigenvalue weighted by molar-refractivity contribution is 7.89. The van der Waals surface area contributed by atoms with Gasteiger partial charge in [-0.15, -0.1) is 0 Å². The van der Waals surface area contributed by atoms with E-state index in [2.05, 4.69) is 4.72 Å². The topological polar surface area (TPSA) is 90.3 Å². The summed E-state index contributed by atoms with van der Waals surface area (Å²) in [5.74, 6) is 0.00568. The maximum absolute atomic E-state index is 12.4. The molecule has 0 aliphatic carbocycles. The smallest absolute Gasteiger partial charge is 0.242 e. The van der Waals surface area contributed by atoms with Crippen LogP contribution in [-0.4, -0.2) is 38.4 Å². The van der Waals surface area contributed by atoms with Gasteiger partial charge in [0.25, 0.3) is 0 Å². The first kappa shape index (κ1) is 15.5. The molecule has 7 heteroatoms. The third-order valence-electron chi connectivity index (χ3n) is 3.56. The van der Waals surface area contributed by atoms with Gasteiger partial charge in [-0.3, -0.25) is 4.79 Å². The van der Waals surface area contributed by atoms with Crippen LogP contribution in [0.4, 0.5) is 0 Å². The van der Waals surface area contributed by atoms with Crippen molar-refractivity contribution in [3.63, 3.8) is 0 Å². The third-order valence-corrected chi connectivity index (χ3v) is 5.14. The summed E-state index contributed by atoms with van der Waals surface area (Å²) in [5, 5.41) is 9.00. The molecule has 1 aliphatic heterocycles. The fraction of sp³-hybridized carbons (Fsp3) is 0.429. The Morgan fingerprint density at radius 1 is 1.33 bits per heavy atom. The summed E-state index contributed by atoms with van der Waals surface area (Å²) < 4.78 is 27.3. The second-order valence-electron chi connectivity index (χ2n) is 5.01. The Morgan fingerprint density at radius 3 is 2.52 bits per heavy atom. The van der Waals surface area contributed by atoms with Crippen molar-refractivity contribution < 1.29 is 13.2 Å². The number of sulfonamides is 1. The number of nitrogens with zero attached hydrogens (tertiary/aromatic N) is 2. The average Bonchev–Trinajstić information content (AvgIpc) is 2.47. The molecule has 112 valence electrons. The van der Waals surface area contributed by atoms with Gasteiger partial charge in [0.15, 0.2) is 0 Å². The number of nitriles is 1. The Kier molecular flexibility index (Phi) is 4.60. The van der Waals surface area contributed by atoms with E-state index in [-0.39, 0.29) is 22.4 Å². The summed E-state index contributed by atoms with van der Waals surface area (Å²) in [5.41, 5.74) is 0.131. The molecular formula is C14H17N3O3S. The number of nitrogens with one attached hydrogen (secondary N) is 1. The van der Waals surface area contributed by atoms with Gasteiger partial charge in [-0.25, -0.2) is 13.1 Å². The summed E-state index contributed by atoms with van der Waals surface area (Å²) in [6, 6.07) is 7.80. The van der Waals surface area contributed by atoms with Crippen LogP contribution in [0.15, 0.2) is 29.2 Å². The molecule has 2 rings (SSSR count). The van der Waals surface area contributed by atoms with Crippen LogP contribution >= 0.6 is 0 Å². The van der Waals surface area contributed by atoms with Gasteiger partial charge < -0.3 is 4.90 Å². The number of benzene rings is 1. The number of rotatable bonds is 3. The molecule has 1 heterocycles. The Morgan fingerprint density at radius 2 is 1.95 bits per heavy atom. The van der Waals surface area contributed by atoms with Crippen LogP contribution in [-0.2, 0) is 14.8 Å². The average molecular weight is 307 g/mol. The number of hydrogen-bond acceptors (Lipinski definition) is 4. The summed E-state index contributed by atoms with van der Waals surface area (Å²) in [7, 11) is -3.72. The van der Waals surface area contributed by atoms with E-state index < -0.39 is 10.0 Å². The molecule has 1 fully saturated rings. The predicted molar refractivity (Wildman–Crippen MR) is 76.8 cm³/mol. The number of likely N-dealkylation sites (tertiary alicyclic amines) is 1. The molecule has 6 nitrogen and oxygen atoms in total. The van der Waals surface area contributed by atoms with Crippen molar-refractivity contribution in [1.82, 2.24) is 9.62 Å². The minimum absolute atomic E-state index is 0.00139. The van der Waals surface area contributed by atoms with Crippen molar-refractivity contribution in [3.8, 4) is 6.07 Å². The van der Waals surface area contributed by atoms with E-state index in [1.54, 1.807) is 17.0 Å². The zero-order valence-corrected chi connectivity index (χ0v) is 12.6. The van der Waals surface area contributed by atoms with Gasteiger partial charge in [0.2, 0.25) is 15.9 Å². The van der Waals surface area contributed by atoms with E-state index in [1.165, 1.54) is 19.1 Å². The largest absolute Gasteiger partial charge is 0.343 e. The number of amides is 1. The number of carbonyl (C=O) groups is 1. The van der Waals surface area contributed by atoms with E-state index in [9.17, 15) is 13.2 Å². The maximum atomic E-state index is 12.4. The van der Waals surface area contributed by atoms with E-state index >= 15 is 0 Å². The fourth-order valence-corrected chi connectivity index (χ4v) is 3.85. The summed E-state index contributed by atoms with van der Waals surface area (Å²) in [4.78, 5) is 13.0. The minimum Gasteiger partial charge on any atom is -0.343 e. The van der Waals surface area contributed by atoms with Gasteiger partial charge >= 0.3 is 0 Å². The molecule has 0 aromatic heterocycles. The highest BCUT2D eigenvalue weighted by atomic mass is 32.2. The highest BCUT2D eigenvalue weighted by Crippen LogP contribution is 2.17. The zero-order valence-electron chi connectivity index (χ0n) is 11.7. The van der Waals surface area contributed by atoms with Crippen LogP contribution in [0, 0.1) is 11.3 Å². The van der Waals surface area contributed by atoms with Crippen LogP contribution in [0.2, 0.25) is 0 Å². The Bertz CT molecular complexity index is 671. The maximum Gasteiger partial charge on any atom is 0.242 e. The van der Waals surface area contributed by atoms with Crippen molar-refractivity contribution in [2.75, 3.05) is 13.1 Å². The number of carbonyl (C=O) groups excluding carboxylic acids is 1. The van der Waals surface area contributed by atoms with Crippen molar-refractivity contribution in [2.45, 2.75) is 30.7 Å². The minimum atomic E-state index is -3.72. The molecule has 0 spiro atoms. The van der Waals surface area contributed by atoms with E-state index in [0.29, 0.717) is 25.9 Å². The van der Waals surface area contributed by atoms with Crippen molar-refractivity contribution in [1.29, 1.82) is 5.26 Å². The molecule has 1 saturated heterocycles. The summed E-state index contributed by atoms with van der Waals surface area (Å²) in [6.45, 7) is 2.60. The molecule has 0 bridgehead atoms. The lowest BCUT2D eigenvalue weighted by Crippen LogP contribution is -2.46. The van der Waals surface area contributed by atoms with Gasteiger partial charge in [0.1, 0.15) is 6.07 Å². The first-order valence-corrected chi connectivity index (χ1v) is 8.19. The fourth-order valence-electron chi connectivity index (χ4n) is 2.39. The normalized spacial score (nSPS) is 16.5. The second-order valence-corrected chi connectivity index (χ2v) is 6.69. The van der Waals surface area contributed by atoms with Crippen LogP contribution in [0.5, 0.6) is 0 Å². The molecule has 1 amide bonds. The monoisotopic (exact) mass is 307 g/mol. The molecule has 0 radical (unpaired) electrons. The Labute approximate surface area is 124 Å². The zero-order chi connectivity index (χ0) is 15.5. The first-order valence-electron chi connectivity index (χ1n) is 6.71. The van der Waals surface area contributed by atoms with Gasteiger partial charge in [0.05, 0.1) is 10.5 Å². The van der Waals surface area contributed by atoms with Gasteiger partial charge in [-0.2, -0.15) is 5.26 Å². The van der Waals surface area contributed by atoms with E-state index in [4.69, 9.17) is 5.26 Å². The van der Waals surface area contributed by atoms with Gasteiger partial charge in [-0.1, -0.05) is 12.1 Å². The van der Waals surface area contributed by atoms with Crippen molar-refractivity contribution in [3.05, 3.63) is 29.8 Å². The van der Waals surface area contributed by atoms with E-state index in [1.807, 2.05) is 6.07 Å². The summed E-state index contributed by atoms with van der Waals surface area (Å²) in [6.07, 6.45) is 1.15. The molecule has 0 unspecified atom stereocenters. The molecule has 21 heavy (non-hydrogen) atoms. The SMILES string of the molecule is CC(=O)N1CCC(NS(=O)(=O)c2ccccc2C#N)CC1. The number of hydrogen-bond donors (Lipinski definition) is 1. The Hall–Kier alpha value is -1.91. The molecule has 1 N–H and O–H groups in total. The number of piperidine rings is 1. The van der Waals surface area contributed by atoms with Crippen LogP contribution in [0.1, 0.15) is 25.3 Å². The molecule has 1 aliphatic rings. The van der Waals surface area contributed by atoms with Crippen molar-refractivity contribution in [2.24, 2.45) is 0 Å². The quantitative estimate of drug-likeness (QED) is 0.896. The molecule has 1 aromatic carbocycles. The third kappa shape index (κ3) is 3.60. The molecule has 0 atom stereocenters. The van der Waals surface area contributed by atoms with Gasteiger partial charge in [-0.05, 0) is 25.0 Å². The summed E-state index contributed by atoms with van der Waals surface area (Å²) >= 11 is 0. The van der Waals surface area contributed by atoms with Crippen LogP contribution < -0.4 is 4.72 Å². The second kappa shape index (κ2) is 6.24. The lowest BCUT2D eigenvalue weighted by molar-refractivity contribution is -0.129. The molecule has 0 saturated carbocycles. The van der Waals surface area contributed by atoms with E-state index in [0.717, 1.165) is 0 Å². The molecule has 1 aromatic rings. The Balaban J connectivity index is 2.09. The molecular weight excluding hydrogens is 290 g/mol. The lowest BCUT2D eigenvalue weighted by atomic mass is 10.1. The lowest BCUT2D eigenvalue weighted by Gasteiger charge is -2.31. The van der Waals surface area contributed by atoms with Crippen LogP contribution in [0.3, 0.4) is 0 Å². The van der Waals surface area contributed by atoms with Gasteiger partial charge in [0, 0.05) is 26.1 Å². The first-order chi connectivity index (χ1) is 9.94. The predicted octanol–water partition coefficient (Wildman–Crippen LogP) is 0.847. The highest BCUT2D eigenvalue weighted by Gasteiger charge is 2.26. The van der Waals surface area contributed by atoms with Crippen LogP contribution in [0.25, 0.3) is 0 Å². The van der Waals surface area contributed by atoms with Crippen molar-refractivity contribution >= 4 is 15.9 Å². The standard InChI is InChI=1S/C14H17N3O3S/c1-11(18)17-8-6-13(7-9-17)16-21(19,20)14-5-3-2-4-12(14)10-15/h2-5,13,16H,6-9H2,1H3.